The Balaban J connectivity index is 2.70. The third kappa shape index (κ3) is 1.63. The molecule has 72 valence electrons. The Bertz CT molecular complexity index is 477. The third-order valence-corrected chi connectivity index (χ3v) is 3.09. The molecule has 0 aliphatic rings. The van der Waals surface area contributed by atoms with Crippen molar-refractivity contribution in [2.75, 3.05) is 0 Å². The molecule has 2 aromatic rings. The van der Waals surface area contributed by atoms with E-state index < -0.39 is 0 Å². The number of hydrogen-bond donors (Lipinski definition) is 1. The maximum atomic E-state index is 5.53. The smallest absolute Gasteiger partial charge is 0.0232 e. The normalized spacial score (nSPS) is 10.8. The second kappa shape index (κ2) is 3.64. The van der Waals surface area contributed by atoms with Crippen molar-refractivity contribution < 1.29 is 0 Å². The quantitative estimate of drug-likeness (QED) is 0.719. The van der Waals surface area contributed by atoms with Gasteiger partial charge in [0.05, 0.1) is 0 Å². The second-order valence-corrected chi connectivity index (χ2v) is 4.27. The minimum atomic E-state index is 1.11. The van der Waals surface area contributed by atoms with Crippen molar-refractivity contribution in [3.8, 4) is 0 Å². The summed E-state index contributed by atoms with van der Waals surface area (Å²) in [5.74, 6) is 0. The minimum absolute atomic E-state index is 1.11. The van der Waals surface area contributed by atoms with E-state index in [0.717, 1.165) is 4.90 Å². The van der Waals surface area contributed by atoms with Crippen LogP contribution in [0.3, 0.4) is 0 Å². The van der Waals surface area contributed by atoms with Crippen molar-refractivity contribution in [3.05, 3.63) is 41.5 Å². The van der Waals surface area contributed by atoms with Gasteiger partial charge in [-0.05, 0) is 59.8 Å². The largest absolute Gasteiger partial charge is 0.274 e. The lowest BCUT2D eigenvalue weighted by Gasteiger charge is -2.05. The summed E-state index contributed by atoms with van der Waals surface area (Å²) in [7, 11) is 0. The van der Waals surface area contributed by atoms with Crippen LogP contribution in [-0.4, -0.2) is 0 Å². The molecular weight excluding hydrogens is 190 g/mol. The van der Waals surface area contributed by atoms with Crippen LogP contribution in [0, 0.1) is 13.8 Å². The lowest BCUT2D eigenvalue weighted by molar-refractivity contribution is 1.36. The highest BCUT2D eigenvalue weighted by atomic mass is 32.2. The van der Waals surface area contributed by atoms with Crippen LogP contribution in [0.1, 0.15) is 11.1 Å². The Morgan fingerprint density at radius 1 is 0.929 bits per heavy atom. The van der Waals surface area contributed by atoms with E-state index in [9.17, 15) is 0 Å². The summed E-state index contributed by atoms with van der Waals surface area (Å²) in [5.41, 5.74) is 2.67. The summed E-state index contributed by atoms with van der Waals surface area (Å²) in [5, 5.41) is 8.08. The highest BCUT2D eigenvalue weighted by Crippen LogP contribution is 2.23. The Morgan fingerprint density at radius 3 is 2.21 bits per heavy atom. The molecule has 0 aliphatic carbocycles. The zero-order chi connectivity index (χ0) is 10.1. The van der Waals surface area contributed by atoms with Gasteiger partial charge >= 0.3 is 0 Å². The van der Waals surface area contributed by atoms with Crippen LogP contribution in [0.15, 0.2) is 35.2 Å². The molecule has 0 atom stereocenters. The molecule has 2 rings (SSSR count). The Hall–Kier alpha value is -0.990. The molecule has 0 heterocycles. The van der Waals surface area contributed by atoms with Gasteiger partial charge in [0.25, 0.3) is 0 Å². The van der Waals surface area contributed by atoms with E-state index in [1.165, 1.54) is 33.8 Å². The van der Waals surface area contributed by atoms with Crippen LogP contribution in [-0.2, 0) is 0 Å². The van der Waals surface area contributed by atoms with E-state index >= 15 is 0 Å². The van der Waals surface area contributed by atoms with Gasteiger partial charge in [-0.15, -0.1) is 0 Å². The number of benzene rings is 2. The fraction of sp³-hybridized carbons (Fsp3) is 0.167. The van der Waals surface area contributed by atoms with Gasteiger partial charge in [-0.1, -0.05) is 18.2 Å². The van der Waals surface area contributed by atoms with E-state index in [2.05, 4.69) is 44.2 Å². The van der Waals surface area contributed by atoms with Gasteiger partial charge in [-0.2, -0.15) is 0 Å². The average molecular weight is 203 g/mol. The summed E-state index contributed by atoms with van der Waals surface area (Å²) in [6.45, 7) is 4.28. The van der Waals surface area contributed by atoms with E-state index in [-0.39, 0.29) is 0 Å². The molecule has 0 fully saturated rings. The molecule has 0 bridgehead atoms. The molecule has 14 heavy (non-hydrogen) atoms. The molecular formula is C12H13NS. The predicted octanol–water partition coefficient (Wildman–Crippen LogP) is 3.42. The standard InChI is InChI=1S/C12H13NS/c1-8-5-10-3-4-12(14-13)7-11(10)6-9(8)2/h3-7H,13H2,1-2H3. The Morgan fingerprint density at radius 2 is 1.57 bits per heavy atom. The van der Waals surface area contributed by atoms with Crippen LogP contribution >= 0.6 is 11.9 Å². The van der Waals surface area contributed by atoms with Crippen molar-refractivity contribution in [2.24, 2.45) is 5.14 Å². The molecule has 0 aliphatic heterocycles. The van der Waals surface area contributed by atoms with E-state index in [1.807, 2.05) is 0 Å². The SMILES string of the molecule is Cc1cc2ccc(SN)cc2cc1C. The maximum absolute atomic E-state index is 5.53. The summed E-state index contributed by atoms with van der Waals surface area (Å²) in [6, 6.07) is 10.7. The summed E-state index contributed by atoms with van der Waals surface area (Å²) in [4.78, 5) is 1.11. The Labute approximate surface area is 88.4 Å². The second-order valence-electron chi connectivity index (χ2n) is 3.56. The summed E-state index contributed by atoms with van der Waals surface area (Å²) in [6.07, 6.45) is 0. The molecule has 0 spiro atoms. The summed E-state index contributed by atoms with van der Waals surface area (Å²) >= 11 is 1.29. The third-order valence-electron chi connectivity index (χ3n) is 2.56. The number of nitrogens with two attached hydrogens (primary N) is 1. The molecule has 0 unspecified atom stereocenters. The number of hydrogen-bond acceptors (Lipinski definition) is 2. The predicted molar refractivity (Wildman–Crippen MR) is 63.5 cm³/mol. The lowest BCUT2D eigenvalue weighted by atomic mass is 10.0. The molecule has 2 aromatic carbocycles. The van der Waals surface area contributed by atoms with E-state index in [0.29, 0.717) is 0 Å². The van der Waals surface area contributed by atoms with Crippen LogP contribution in [0.4, 0.5) is 0 Å². The fourth-order valence-electron chi connectivity index (χ4n) is 1.58. The zero-order valence-electron chi connectivity index (χ0n) is 8.37. The zero-order valence-corrected chi connectivity index (χ0v) is 9.19. The highest BCUT2D eigenvalue weighted by Gasteiger charge is 1.98. The van der Waals surface area contributed by atoms with Crippen molar-refractivity contribution >= 4 is 22.7 Å². The van der Waals surface area contributed by atoms with Gasteiger partial charge < -0.3 is 0 Å². The fourth-order valence-corrected chi connectivity index (χ4v) is 1.92. The minimum Gasteiger partial charge on any atom is -0.274 e. The first kappa shape index (κ1) is 9.56. The first-order chi connectivity index (χ1) is 6.70. The average Bonchev–Trinajstić information content (AvgIpc) is 2.19. The van der Waals surface area contributed by atoms with Crippen LogP contribution in [0.25, 0.3) is 10.8 Å². The topological polar surface area (TPSA) is 26.0 Å². The molecule has 0 saturated heterocycles. The molecule has 2 heteroatoms. The number of aryl methyl sites for hydroxylation is 2. The van der Waals surface area contributed by atoms with Gasteiger partial charge in [0.1, 0.15) is 0 Å². The van der Waals surface area contributed by atoms with Crippen LogP contribution in [0.5, 0.6) is 0 Å². The van der Waals surface area contributed by atoms with Crippen molar-refractivity contribution in [2.45, 2.75) is 18.7 Å². The lowest BCUT2D eigenvalue weighted by Crippen LogP contribution is -1.84. The highest BCUT2D eigenvalue weighted by molar-refractivity contribution is 7.97. The molecule has 0 aromatic heterocycles. The van der Waals surface area contributed by atoms with Crippen molar-refractivity contribution in [1.29, 1.82) is 0 Å². The molecule has 1 nitrogen and oxygen atoms in total. The van der Waals surface area contributed by atoms with E-state index in [1.54, 1.807) is 0 Å². The number of rotatable bonds is 1. The van der Waals surface area contributed by atoms with Crippen LogP contribution < -0.4 is 5.14 Å². The van der Waals surface area contributed by atoms with Gasteiger partial charge in [-0.25, -0.2) is 0 Å². The first-order valence-electron chi connectivity index (χ1n) is 4.58. The Kier molecular flexibility index (Phi) is 2.48. The van der Waals surface area contributed by atoms with Crippen molar-refractivity contribution in [1.82, 2.24) is 0 Å². The molecule has 0 radical (unpaired) electrons. The first-order valence-corrected chi connectivity index (χ1v) is 5.46. The van der Waals surface area contributed by atoms with Gasteiger partial charge in [0.2, 0.25) is 0 Å². The monoisotopic (exact) mass is 203 g/mol. The van der Waals surface area contributed by atoms with Crippen molar-refractivity contribution in [3.63, 3.8) is 0 Å². The van der Waals surface area contributed by atoms with Gasteiger partial charge in [0.15, 0.2) is 0 Å². The van der Waals surface area contributed by atoms with Gasteiger partial charge in [0, 0.05) is 4.90 Å². The van der Waals surface area contributed by atoms with Crippen LogP contribution in [0.2, 0.25) is 0 Å². The maximum Gasteiger partial charge on any atom is 0.0232 e. The van der Waals surface area contributed by atoms with E-state index in [4.69, 9.17) is 5.14 Å². The van der Waals surface area contributed by atoms with Gasteiger partial charge in [-0.3, -0.25) is 5.14 Å². The number of fused-ring (bicyclic) bond motifs is 1. The molecule has 0 saturated carbocycles. The molecule has 0 amide bonds. The molecule has 2 N–H and O–H groups in total. The summed E-state index contributed by atoms with van der Waals surface area (Å²) < 4.78 is 0.